The summed E-state index contributed by atoms with van der Waals surface area (Å²) in [5.41, 5.74) is 8.45. The van der Waals surface area contributed by atoms with Gasteiger partial charge in [0.1, 0.15) is 0 Å². The predicted molar refractivity (Wildman–Crippen MR) is 122 cm³/mol. The van der Waals surface area contributed by atoms with E-state index in [0.29, 0.717) is 32.0 Å². The van der Waals surface area contributed by atoms with Gasteiger partial charge in [0.2, 0.25) is 0 Å². The summed E-state index contributed by atoms with van der Waals surface area (Å²) in [6.07, 6.45) is 3.15. The van der Waals surface area contributed by atoms with Gasteiger partial charge in [-0.2, -0.15) is 5.10 Å². The first kappa shape index (κ1) is 21.4. The Morgan fingerprint density at radius 2 is 1.94 bits per heavy atom. The second kappa shape index (κ2) is 9.11. The molecule has 2 aromatic carbocycles. The molecule has 0 spiro atoms. The van der Waals surface area contributed by atoms with Crippen LogP contribution < -0.4 is 10.9 Å². The van der Waals surface area contributed by atoms with Crippen LogP contribution in [0, 0.1) is 0 Å². The molecule has 2 heterocycles. The molecule has 158 valence electrons. The molecule has 0 atom stereocenters. The maximum atomic E-state index is 12.8. The standard InChI is InChI=1S/C21H16Cl3N5O2/c1-31-11-20-15(21(30)28-27-13-3-5-16(23)17(24)9-13)10-26-29(20)19-6-7-25-18-8-12(22)2-4-14(18)19/h2-10,27H,11H2,1H3,(H,28,30). The van der Waals surface area contributed by atoms with E-state index < -0.39 is 0 Å². The number of carbonyl (C=O) groups excluding carboxylic acids is 1. The fourth-order valence-electron chi connectivity index (χ4n) is 3.11. The first-order valence-corrected chi connectivity index (χ1v) is 10.2. The molecule has 0 bridgehead atoms. The number of hydrazine groups is 1. The number of carbonyl (C=O) groups is 1. The molecule has 0 fully saturated rings. The minimum absolute atomic E-state index is 0.174. The molecule has 7 nitrogen and oxygen atoms in total. The number of hydrogen-bond acceptors (Lipinski definition) is 5. The van der Waals surface area contributed by atoms with Crippen LogP contribution in [0.25, 0.3) is 16.6 Å². The van der Waals surface area contributed by atoms with Crippen molar-refractivity contribution in [3.8, 4) is 5.69 Å². The largest absolute Gasteiger partial charge is 0.378 e. The summed E-state index contributed by atoms with van der Waals surface area (Å²) in [5, 5.41) is 6.65. The van der Waals surface area contributed by atoms with Crippen LogP contribution in [0.2, 0.25) is 15.1 Å². The van der Waals surface area contributed by atoms with Crippen LogP contribution in [-0.2, 0) is 11.3 Å². The van der Waals surface area contributed by atoms with Crippen molar-refractivity contribution in [1.29, 1.82) is 0 Å². The lowest BCUT2D eigenvalue weighted by Crippen LogP contribution is -2.30. The second-order valence-corrected chi connectivity index (χ2v) is 7.80. The van der Waals surface area contributed by atoms with Gasteiger partial charge in [-0.05, 0) is 42.5 Å². The van der Waals surface area contributed by atoms with Gasteiger partial charge < -0.3 is 4.74 Å². The molecule has 2 aromatic heterocycles. The van der Waals surface area contributed by atoms with Crippen LogP contribution in [0.3, 0.4) is 0 Å². The summed E-state index contributed by atoms with van der Waals surface area (Å²) in [4.78, 5) is 17.2. The fraction of sp³-hybridized carbons (Fsp3) is 0.0952. The highest BCUT2D eigenvalue weighted by molar-refractivity contribution is 6.42. The zero-order valence-corrected chi connectivity index (χ0v) is 18.5. The highest BCUT2D eigenvalue weighted by Crippen LogP contribution is 2.26. The maximum absolute atomic E-state index is 12.8. The van der Waals surface area contributed by atoms with E-state index in [2.05, 4.69) is 20.9 Å². The summed E-state index contributed by atoms with van der Waals surface area (Å²) < 4.78 is 6.99. The Kier molecular flexibility index (Phi) is 6.29. The molecular formula is C21H16Cl3N5O2. The number of benzene rings is 2. The van der Waals surface area contributed by atoms with Gasteiger partial charge >= 0.3 is 0 Å². The van der Waals surface area contributed by atoms with Gasteiger partial charge in [0.25, 0.3) is 5.91 Å². The van der Waals surface area contributed by atoms with Gasteiger partial charge in [-0.15, -0.1) is 0 Å². The normalized spacial score (nSPS) is 11.0. The third-order valence-electron chi connectivity index (χ3n) is 4.54. The summed E-state index contributed by atoms with van der Waals surface area (Å²) in [6.45, 7) is 0.174. The van der Waals surface area contributed by atoms with Crippen molar-refractivity contribution in [2.75, 3.05) is 12.5 Å². The lowest BCUT2D eigenvalue weighted by Gasteiger charge is -2.12. The quantitative estimate of drug-likeness (QED) is 0.370. The van der Waals surface area contributed by atoms with Crippen molar-refractivity contribution < 1.29 is 9.53 Å². The molecule has 0 aliphatic carbocycles. The average Bonchev–Trinajstić information content (AvgIpc) is 3.17. The van der Waals surface area contributed by atoms with E-state index >= 15 is 0 Å². The van der Waals surface area contributed by atoms with Crippen molar-refractivity contribution >= 4 is 57.3 Å². The minimum atomic E-state index is -0.384. The Morgan fingerprint density at radius 1 is 1.10 bits per heavy atom. The van der Waals surface area contributed by atoms with Gasteiger partial charge in [0, 0.05) is 23.7 Å². The van der Waals surface area contributed by atoms with Crippen molar-refractivity contribution in [2.24, 2.45) is 0 Å². The van der Waals surface area contributed by atoms with Crippen LogP contribution in [0.4, 0.5) is 5.69 Å². The van der Waals surface area contributed by atoms with Crippen LogP contribution in [0.15, 0.2) is 54.9 Å². The Bertz CT molecular complexity index is 1280. The smallest absolute Gasteiger partial charge is 0.273 e. The van der Waals surface area contributed by atoms with E-state index in [0.717, 1.165) is 16.6 Å². The summed E-state index contributed by atoms with van der Waals surface area (Å²) >= 11 is 18.0. The summed E-state index contributed by atoms with van der Waals surface area (Å²) in [7, 11) is 1.55. The number of fused-ring (bicyclic) bond motifs is 1. The van der Waals surface area contributed by atoms with E-state index in [4.69, 9.17) is 39.5 Å². The van der Waals surface area contributed by atoms with Crippen LogP contribution in [-0.4, -0.2) is 27.8 Å². The number of nitrogens with one attached hydrogen (secondary N) is 2. The lowest BCUT2D eigenvalue weighted by molar-refractivity contribution is 0.0957. The number of ether oxygens (including phenoxy) is 1. The number of hydrogen-bond donors (Lipinski definition) is 2. The molecule has 0 unspecified atom stereocenters. The van der Waals surface area contributed by atoms with E-state index in [1.54, 1.807) is 48.3 Å². The fourth-order valence-corrected chi connectivity index (χ4v) is 3.57. The Balaban J connectivity index is 1.66. The molecule has 10 heteroatoms. The number of rotatable bonds is 6. The summed E-state index contributed by atoms with van der Waals surface area (Å²) in [6, 6.07) is 12.2. The van der Waals surface area contributed by atoms with Crippen LogP contribution in [0.5, 0.6) is 0 Å². The van der Waals surface area contributed by atoms with E-state index in [1.807, 2.05) is 12.1 Å². The van der Waals surface area contributed by atoms with E-state index in [9.17, 15) is 4.79 Å². The van der Waals surface area contributed by atoms with Gasteiger partial charge in [-0.25, -0.2) is 4.68 Å². The molecule has 4 rings (SSSR count). The number of halogens is 3. The molecule has 0 saturated carbocycles. The Labute approximate surface area is 192 Å². The van der Waals surface area contributed by atoms with E-state index in [1.165, 1.54) is 6.20 Å². The summed E-state index contributed by atoms with van der Waals surface area (Å²) in [5.74, 6) is -0.384. The van der Waals surface area contributed by atoms with Crippen molar-refractivity contribution in [1.82, 2.24) is 20.2 Å². The van der Waals surface area contributed by atoms with Crippen LogP contribution >= 0.6 is 34.8 Å². The molecule has 0 aliphatic rings. The van der Waals surface area contributed by atoms with Gasteiger partial charge in [-0.1, -0.05) is 34.8 Å². The molecule has 0 aliphatic heterocycles. The topological polar surface area (TPSA) is 81.1 Å². The van der Waals surface area contributed by atoms with Crippen molar-refractivity contribution in [2.45, 2.75) is 6.61 Å². The SMILES string of the molecule is COCc1c(C(=O)NNc2ccc(Cl)c(Cl)c2)cnn1-c1ccnc2cc(Cl)ccc12. The monoisotopic (exact) mass is 475 g/mol. The Morgan fingerprint density at radius 3 is 2.71 bits per heavy atom. The average molecular weight is 477 g/mol. The third-order valence-corrected chi connectivity index (χ3v) is 5.52. The minimum Gasteiger partial charge on any atom is -0.378 e. The molecule has 31 heavy (non-hydrogen) atoms. The number of pyridine rings is 1. The zero-order valence-electron chi connectivity index (χ0n) is 16.2. The van der Waals surface area contributed by atoms with Gasteiger partial charge in [0.05, 0.1) is 51.0 Å². The molecule has 2 N–H and O–H groups in total. The Hall–Kier alpha value is -2.84. The predicted octanol–water partition coefficient (Wildman–Crippen LogP) is 5.28. The second-order valence-electron chi connectivity index (χ2n) is 6.55. The van der Waals surface area contributed by atoms with Gasteiger partial charge in [0.15, 0.2) is 0 Å². The highest BCUT2D eigenvalue weighted by Gasteiger charge is 2.20. The molecule has 0 saturated heterocycles. The molecule has 0 radical (unpaired) electrons. The number of methoxy groups -OCH3 is 1. The maximum Gasteiger partial charge on any atom is 0.273 e. The van der Waals surface area contributed by atoms with Crippen molar-refractivity contribution in [3.05, 3.63) is 81.2 Å². The molecular weight excluding hydrogens is 461 g/mol. The number of nitrogens with zero attached hydrogens (tertiary/aromatic N) is 3. The van der Waals surface area contributed by atoms with Crippen LogP contribution in [0.1, 0.15) is 16.1 Å². The first-order valence-electron chi connectivity index (χ1n) is 9.10. The highest BCUT2D eigenvalue weighted by atomic mass is 35.5. The number of aromatic nitrogens is 3. The number of amides is 1. The van der Waals surface area contributed by atoms with Crippen molar-refractivity contribution in [3.63, 3.8) is 0 Å². The third kappa shape index (κ3) is 4.45. The van der Waals surface area contributed by atoms with Gasteiger partial charge in [-0.3, -0.25) is 20.6 Å². The molecule has 1 amide bonds. The van der Waals surface area contributed by atoms with E-state index in [-0.39, 0.29) is 12.5 Å². The molecule has 4 aromatic rings. The first-order chi connectivity index (χ1) is 15.0. The number of anilines is 1. The zero-order chi connectivity index (χ0) is 22.0. The lowest BCUT2D eigenvalue weighted by atomic mass is 10.1.